The Kier molecular flexibility index (Phi) is 5.64. The van der Waals surface area contributed by atoms with Crippen LogP contribution >= 0.6 is 11.9 Å². The Labute approximate surface area is 91.9 Å². The van der Waals surface area contributed by atoms with Crippen LogP contribution < -0.4 is 10.0 Å². The Hall–Kier alpha value is -1.21. The van der Waals surface area contributed by atoms with Crippen LogP contribution in [0.1, 0.15) is 5.69 Å². The first-order chi connectivity index (χ1) is 7.33. The maximum Gasteiger partial charge on any atom is 0.324 e. The zero-order valence-electron chi connectivity index (χ0n) is 8.36. The standard InChI is InChI=1S/C8H13N3O3S/c1-9-8(12)11-15-5-4-13-6-7-2-3-14-10-7/h2-3H,4-6H2,1H3,(H2,9,11,12). The zero-order chi connectivity index (χ0) is 10.9. The quantitative estimate of drug-likeness (QED) is 0.558. The molecule has 15 heavy (non-hydrogen) atoms. The third kappa shape index (κ3) is 5.28. The molecule has 0 aliphatic carbocycles. The Morgan fingerprint density at radius 3 is 3.27 bits per heavy atom. The first kappa shape index (κ1) is 11.9. The van der Waals surface area contributed by atoms with Crippen LogP contribution in [-0.4, -0.2) is 30.6 Å². The van der Waals surface area contributed by atoms with Gasteiger partial charge in [0.2, 0.25) is 0 Å². The highest BCUT2D eigenvalue weighted by Crippen LogP contribution is 1.98. The van der Waals surface area contributed by atoms with Crippen LogP contribution in [0.5, 0.6) is 0 Å². The van der Waals surface area contributed by atoms with E-state index in [0.29, 0.717) is 19.0 Å². The van der Waals surface area contributed by atoms with Crippen molar-refractivity contribution in [3.05, 3.63) is 18.0 Å². The molecule has 2 N–H and O–H groups in total. The van der Waals surface area contributed by atoms with E-state index in [1.807, 2.05) is 0 Å². The molecule has 0 aromatic carbocycles. The fourth-order valence-corrected chi connectivity index (χ4v) is 1.29. The number of amides is 2. The molecule has 0 saturated heterocycles. The third-order valence-corrected chi connectivity index (χ3v) is 2.16. The number of nitrogens with one attached hydrogen (secondary N) is 2. The van der Waals surface area contributed by atoms with Crippen molar-refractivity contribution in [1.29, 1.82) is 0 Å². The number of rotatable bonds is 6. The molecule has 2 amide bonds. The van der Waals surface area contributed by atoms with Crippen molar-refractivity contribution in [2.75, 3.05) is 19.4 Å². The molecular weight excluding hydrogens is 218 g/mol. The van der Waals surface area contributed by atoms with E-state index >= 15 is 0 Å². The number of nitrogens with zero attached hydrogens (tertiary/aromatic N) is 1. The first-order valence-electron chi connectivity index (χ1n) is 4.39. The van der Waals surface area contributed by atoms with Crippen LogP contribution in [0.25, 0.3) is 0 Å². The predicted octanol–water partition coefficient (Wildman–Crippen LogP) is 0.768. The molecular formula is C8H13N3O3S. The van der Waals surface area contributed by atoms with E-state index in [0.717, 1.165) is 5.69 Å². The summed E-state index contributed by atoms with van der Waals surface area (Å²) in [5, 5.41) is 6.13. The average molecular weight is 231 g/mol. The molecule has 0 atom stereocenters. The summed E-state index contributed by atoms with van der Waals surface area (Å²) in [6.07, 6.45) is 1.50. The lowest BCUT2D eigenvalue weighted by molar-refractivity contribution is 0.131. The van der Waals surface area contributed by atoms with Gasteiger partial charge in [0, 0.05) is 18.9 Å². The molecule has 0 unspecified atom stereocenters. The van der Waals surface area contributed by atoms with E-state index in [1.165, 1.54) is 18.2 Å². The highest BCUT2D eigenvalue weighted by Gasteiger charge is 1.97. The summed E-state index contributed by atoms with van der Waals surface area (Å²) in [5.74, 6) is 0.686. The second-order valence-corrected chi connectivity index (χ2v) is 3.47. The van der Waals surface area contributed by atoms with Gasteiger partial charge in [0.1, 0.15) is 12.0 Å². The summed E-state index contributed by atoms with van der Waals surface area (Å²) in [5.41, 5.74) is 0.763. The average Bonchev–Trinajstić information content (AvgIpc) is 2.75. The molecule has 0 radical (unpaired) electrons. The number of carbonyl (C=O) groups excluding carboxylic acids is 1. The van der Waals surface area contributed by atoms with E-state index in [-0.39, 0.29) is 6.03 Å². The molecule has 1 heterocycles. The van der Waals surface area contributed by atoms with Crippen LogP contribution in [0.3, 0.4) is 0 Å². The van der Waals surface area contributed by atoms with Gasteiger partial charge in [-0.15, -0.1) is 0 Å². The molecule has 0 spiro atoms. The van der Waals surface area contributed by atoms with Crippen LogP contribution in [0, 0.1) is 0 Å². The second kappa shape index (κ2) is 7.13. The number of urea groups is 1. The molecule has 0 saturated carbocycles. The lowest BCUT2D eigenvalue weighted by atomic mass is 10.5. The normalized spacial score (nSPS) is 9.93. The van der Waals surface area contributed by atoms with Crippen molar-refractivity contribution in [2.24, 2.45) is 0 Å². The Bertz CT molecular complexity index is 279. The van der Waals surface area contributed by atoms with Gasteiger partial charge >= 0.3 is 6.03 Å². The monoisotopic (exact) mass is 231 g/mol. The summed E-state index contributed by atoms with van der Waals surface area (Å²) >= 11 is 1.29. The second-order valence-electron chi connectivity index (χ2n) is 2.57. The van der Waals surface area contributed by atoms with Gasteiger partial charge in [0.05, 0.1) is 13.2 Å². The molecule has 1 rings (SSSR count). The summed E-state index contributed by atoms with van der Waals surface area (Å²) in [6, 6.07) is 1.53. The van der Waals surface area contributed by atoms with Gasteiger partial charge in [-0.1, -0.05) is 5.16 Å². The molecule has 6 nitrogen and oxygen atoms in total. The Morgan fingerprint density at radius 1 is 1.73 bits per heavy atom. The number of carbonyl (C=O) groups is 1. The van der Waals surface area contributed by atoms with Crippen molar-refractivity contribution in [3.8, 4) is 0 Å². The molecule has 0 aliphatic heterocycles. The molecule has 84 valence electrons. The Balaban J connectivity index is 1.91. The zero-order valence-corrected chi connectivity index (χ0v) is 9.17. The topological polar surface area (TPSA) is 76.4 Å². The minimum Gasteiger partial charge on any atom is -0.374 e. The maximum absolute atomic E-state index is 10.7. The van der Waals surface area contributed by atoms with Gasteiger partial charge in [-0.25, -0.2) is 4.79 Å². The number of aromatic nitrogens is 1. The van der Waals surface area contributed by atoms with Crippen LogP contribution in [0.15, 0.2) is 16.9 Å². The highest BCUT2D eigenvalue weighted by atomic mass is 32.2. The fraction of sp³-hybridized carbons (Fsp3) is 0.500. The van der Waals surface area contributed by atoms with E-state index < -0.39 is 0 Å². The van der Waals surface area contributed by atoms with Gasteiger partial charge in [0.25, 0.3) is 0 Å². The van der Waals surface area contributed by atoms with Crippen LogP contribution in [0.4, 0.5) is 4.79 Å². The van der Waals surface area contributed by atoms with Crippen LogP contribution in [0.2, 0.25) is 0 Å². The van der Waals surface area contributed by atoms with Gasteiger partial charge in [0.15, 0.2) is 0 Å². The number of hydrogen-bond acceptors (Lipinski definition) is 5. The minimum atomic E-state index is -0.212. The minimum absolute atomic E-state index is 0.212. The summed E-state index contributed by atoms with van der Waals surface area (Å²) in [6.45, 7) is 0.971. The third-order valence-electron chi connectivity index (χ3n) is 1.46. The van der Waals surface area contributed by atoms with Gasteiger partial charge in [-0.2, -0.15) is 0 Å². The van der Waals surface area contributed by atoms with E-state index in [2.05, 4.69) is 19.7 Å². The predicted molar refractivity (Wildman–Crippen MR) is 56.2 cm³/mol. The first-order valence-corrected chi connectivity index (χ1v) is 5.38. The van der Waals surface area contributed by atoms with Crippen LogP contribution in [-0.2, 0) is 11.3 Å². The largest absolute Gasteiger partial charge is 0.374 e. The van der Waals surface area contributed by atoms with E-state index in [9.17, 15) is 4.79 Å². The van der Waals surface area contributed by atoms with Crippen molar-refractivity contribution in [1.82, 2.24) is 15.2 Å². The SMILES string of the molecule is CNC(=O)NSCCOCc1ccon1. The summed E-state index contributed by atoms with van der Waals surface area (Å²) < 4.78 is 12.5. The summed E-state index contributed by atoms with van der Waals surface area (Å²) in [4.78, 5) is 10.7. The maximum atomic E-state index is 10.7. The van der Waals surface area contributed by atoms with Gasteiger partial charge in [-0.3, -0.25) is 4.72 Å². The van der Waals surface area contributed by atoms with Crippen molar-refractivity contribution >= 4 is 18.0 Å². The fourth-order valence-electron chi connectivity index (χ4n) is 0.757. The highest BCUT2D eigenvalue weighted by molar-refractivity contribution is 7.97. The van der Waals surface area contributed by atoms with Gasteiger partial charge < -0.3 is 14.6 Å². The lowest BCUT2D eigenvalue weighted by Gasteiger charge is -2.03. The number of hydrogen-bond donors (Lipinski definition) is 2. The van der Waals surface area contributed by atoms with E-state index in [1.54, 1.807) is 13.1 Å². The molecule has 1 aromatic heterocycles. The van der Waals surface area contributed by atoms with Crippen molar-refractivity contribution in [2.45, 2.75) is 6.61 Å². The Morgan fingerprint density at radius 2 is 2.60 bits per heavy atom. The van der Waals surface area contributed by atoms with Crippen molar-refractivity contribution < 1.29 is 14.1 Å². The molecule has 0 aliphatic rings. The van der Waals surface area contributed by atoms with Crippen molar-refractivity contribution in [3.63, 3.8) is 0 Å². The lowest BCUT2D eigenvalue weighted by Crippen LogP contribution is -2.28. The summed E-state index contributed by atoms with van der Waals surface area (Å²) in [7, 11) is 1.57. The molecule has 0 fully saturated rings. The molecule has 1 aromatic rings. The number of ether oxygens (including phenoxy) is 1. The molecule has 0 bridgehead atoms. The van der Waals surface area contributed by atoms with E-state index in [4.69, 9.17) is 4.74 Å². The smallest absolute Gasteiger partial charge is 0.324 e. The van der Waals surface area contributed by atoms with Gasteiger partial charge in [-0.05, 0) is 11.9 Å². The molecule has 7 heteroatoms.